The average Bonchev–Trinajstić information content (AvgIpc) is 3.09. The van der Waals surface area contributed by atoms with Crippen molar-refractivity contribution < 1.29 is 19.1 Å². The number of hydrogen-bond donors (Lipinski definition) is 3. The van der Waals surface area contributed by atoms with Crippen LogP contribution in [0.1, 0.15) is 31.9 Å². The minimum atomic E-state index is -0.978. The van der Waals surface area contributed by atoms with E-state index in [1.165, 1.54) is 0 Å². The number of hydrogen-bond acceptors (Lipinski definition) is 4. The van der Waals surface area contributed by atoms with Crippen LogP contribution in [0.4, 0.5) is 4.79 Å². The van der Waals surface area contributed by atoms with Gasteiger partial charge < -0.3 is 15.0 Å². The van der Waals surface area contributed by atoms with Gasteiger partial charge in [-0.15, -0.1) is 0 Å². The summed E-state index contributed by atoms with van der Waals surface area (Å²) in [7, 11) is 0. The lowest BCUT2D eigenvalue weighted by atomic mass is 10.0. The summed E-state index contributed by atoms with van der Waals surface area (Å²) in [5.41, 5.74) is 1.85. The molecule has 0 saturated heterocycles. The van der Waals surface area contributed by atoms with Crippen LogP contribution in [0.2, 0.25) is 0 Å². The number of H-pyrrole nitrogens is 1. The smallest absolute Gasteiger partial charge is 0.408 e. The van der Waals surface area contributed by atoms with Crippen LogP contribution in [0.5, 0.6) is 0 Å². The molecule has 3 amide bonds. The zero-order valence-corrected chi connectivity index (χ0v) is 17.9. The lowest BCUT2D eigenvalue weighted by Gasteiger charge is -2.23. The summed E-state index contributed by atoms with van der Waals surface area (Å²) in [4.78, 5) is 40.8. The number of rotatable bonds is 6. The predicted octanol–water partition coefficient (Wildman–Crippen LogP) is 3.49. The normalized spacial score (nSPS) is 12.2. The number of carbonyl (C=O) groups is 3. The summed E-state index contributed by atoms with van der Waals surface area (Å²) >= 11 is 0. The number of aromatic nitrogens is 1. The third kappa shape index (κ3) is 6.44. The summed E-state index contributed by atoms with van der Waals surface area (Å²) in [6.45, 7) is 5.22. The summed E-state index contributed by atoms with van der Waals surface area (Å²) in [6, 6.07) is 15.8. The van der Waals surface area contributed by atoms with E-state index in [1.807, 2.05) is 54.6 Å². The first-order chi connectivity index (χ1) is 14.7. The molecule has 1 atom stereocenters. The van der Waals surface area contributed by atoms with Crippen LogP contribution < -0.4 is 10.6 Å². The number of amides is 3. The number of para-hydroxylation sites is 1. The maximum Gasteiger partial charge on any atom is 0.408 e. The average molecular weight is 421 g/mol. The number of benzene rings is 2. The van der Waals surface area contributed by atoms with Crippen molar-refractivity contribution in [3.63, 3.8) is 0 Å². The highest BCUT2D eigenvalue weighted by atomic mass is 16.6. The van der Waals surface area contributed by atoms with Gasteiger partial charge in [0.2, 0.25) is 11.8 Å². The molecule has 0 radical (unpaired) electrons. The SMILES string of the molecule is CC(C)(C)OC(=O)N[C@@H](Cc1c[nH]c2ccccc12)C(=O)NC(=O)Cc1ccccc1. The Bertz CT molecular complexity index is 1070. The van der Waals surface area contributed by atoms with Crippen molar-refractivity contribution in [2.45, 2.75) is 45.3 Å². The van der Waals surface area contributed by atoms with Crippen LogP contribution in [0.25, 0.3) is 10.9 Å². The van der Waals surface area contributed by atoms with Gasteiger partial charge in [0.25, 0.3) is 0 Å². The monoisotopic (exact) mass is 421 g/mol. The number of ether oxygens (including phenoxy) is 1. The van der Waals surface area contributed by atoms with Crippen molar-refractivity contribution >= 4 is 28.8 Å². The van der Waals surface area contributed by atoms with Gasteiger partial charge in [-0.2, -0.15) is 0 Å². The van der Waals surface area contributed by atoms with Gasteiger partial charge in [-0.1, -0.05) is 48.5 Å². The third-order valence-corrected chi connectivity index (χ3v) is 4.58. The van der Waals surface area contributed by atoms with Crippen LogP contribution in [0.3, 0.4) is 0 Å². The molecule has 162 valence electrons. The minimum Gasteiger partial charge on any atom is -0.444 e. The molecule has 3 aromatic rings. The van der Waals surface area contributed by atoms with Gasteiger partial charge in [-0.05, 0) is 38.0 Å². The van der Waals surface area contributed by atoms with E-state index in [1.54, 1.807) is 27.0 Å². The first kappa shape index (κ1) is 22.1. The van der Waals surface area contributed by atoms with Crippen molar-refractivity contribution in [3.8, 4) is 0 Å². The first-order valence-corrected chi connectivity index (χ1v) is 10.1. The Morgan fingerprint density at radius 2 is 1.68 bits per heavy atom. The highest BCUT2D eigenvalue weighted by Gasteiger charge is 2.26. The van der Waals surface area contributed by atoms with E-state index in [4.69, 9.17) is 4.74 Å². The minimum absolute atomic E-state index is 0.0683. The maximum absolute atomic E-state index is 12.9. The number of imide groups is 1. The fraction of sp³-hybridized carbons (Fsp3) is 0.292. The summed E-state index contributed by atoms with van der Waals surface area (Å²) in [5, 5.41) is 5.95. The molecule has 2 aromatic carbocycles. The van der Waals surface area contributed by atoms with Gasteiger partial charge in [-0.3, -0.25) is 14.9 Å². The molecule has 0 aliphatic rings. The van der Waals surface area contributed by atoms with E-state index in [9.17, 15) is 14.4 Å². The van der Waals surface area contributed by atoms with E-state index in [0.717, 1.165) is 22.0 Å². The fourth-order valence-corrected chi connectivity index (χ4v) is 3.23. The van der Waals surface area contributed by atoms with Crippen molar-refractivity contribution in [1.82, 2.24) is 15.6 Å². The van der Waals surface area contributed by atoms with Gasteiger partial charge in [0.1, 0.15) is 11.6 Å². The summed E-state index contributed by atoms with van der Waals surface area (Å²) in [5.74, 6) is -1.02. The third-order valence-electron chi connectivity index (χ3n) is 4.58. The predicted molar refractivity (Wildman–Crippen MR) is 118 cm³/mol. The molecule has 31 heavy (non-hydrogen) atoms. The molecule has 0 aliphatic heterocycles. The number of nitrogens with one attached hydrogen (secondary N) is 3. The Morgan fingerprint density at radius 1 is 1.00 bits per heavy atom. The van der Waals surface area contributed by atoms with Gasteiger partial charge in [0, 0.05) is 23.5 Å². The lowest BCUT2D eigenvalue weighted by Crippen LogP contribution is -2.50. The van der Waals surface area contributed by atoms with Crippen molar-refractivity contribution in [2.24, 2.45) is 0 Å². The maximum atomic E-state index is 12.9. The number of alkyl carbamates (subject to hydrolysis) is 1. The van der Waals surface area contributed by atoms with Crippen LogP contribution >= 0.6 is 0 Å². The van der Waals surface area contributed by atoms with E-state index < -0.39 is 29.6 Å². The second-order valence-electron chi connectivity index (χ2n) is 8.34. The van der Waals surface area contributed by atoms with E-state index in [-0.39, 0.29) is 12.8 Å². The largest absolute Gasteiger partial charge is 0.444 e. The van der Waals surface area contributed by atoms with Crippen LogP contribution in [-0.4, -0.2) is 34.5 Å². The Balaban J connectivity index is 1.74. The number of fused-ring (bicyclic) bond motifs is 1. The van der Waals surface area contributed by atoms with E-state index in [2.05, 4.69) is 15.6 Å². The molecule has 3 N–H and O–H groups in total. The Labute approximate surface area is 181 Å². The molecular formula is C24H27N3O4. The molecule has 0 aliphatic carbocycles. The molecule has 0 spiro atoms. The van der Waals surface area contributed by atoms with Crippen LogP contribution in [0.15, 0.2) is 60.8 Å². The lowest BCUT2D eigenvalue weighted by molar-refractivity contribution is -0.131. The first-order valence-electron chi connectivity index (χ1n) is 10.1. The second-order valence-corrected chi connectivity index (χ2v) is 8.34. The molecule has 0 unspecified atom stereocenters. The zero-order valence-electron chi connectivity index (χ0n) is 17.9. The molecular weight excluding hydrogens is 394 g/mol. The highest BCUT2D eigenvalue weighted by Crippen LogP contribution is 2.19. The molecule has 0 fully saturated rings. The van der Waals surface area contributed by atoms with Crippen molar-refractivity contribution in [2.75, 3.05) is 0 Å². The molecule has 7 heteroatoms. The Hall–Kier alpha value is -3.61. The molecule has 0 saturated carbocycles. The van der Waals surface area contributed by atoms with E-state index in [0.29, 0.717) is 0 Å². The Kier molecular flexibility index (Phi) is 6.74. The molecule has 1 aromatic heterocycles. The van der Waals surface area contributed by atoms with Crippen LogP contribution in [0, 0.1) is 0 Å². The van der Waals surface area contributed by atoms with Crippen molar-refractivity contribution in [3.05, 3.63) is 71.9 Å². The molecule has 0 bridgehead atoms. The molecule has 1 heterocycles. The number of aromatic amines is 1. The van der Waals surface area contributed by atoms with Gasteiger partial charge in [0.15, 0.2) is 0 Å². The van der Waals surface area contributed by atoms with Gasteiger partial charge >= 0.3 is 6.09 Å². The fourth-order valence-electron chi connectivity index (χ4n) is 3.23. The molecule has 3 rings (SSSR count). The quantitative estimate of drug-likeness (QED) is 0.567. The summed E-state index contributed by atoms with van der Waals surface area (Å²) < 4.78 is 5.30. The zero-order chi connectivity index (χ0) is 22.4. The van der Waals surface area contributed by atoms with E-state index >= 15 is 0 Å². The Morgan fingerprint density at radius 3 is 2.39 bits per heavy atom. The van der Waals surface area contributed by atoms with Gasteiger partial charge in [0.05, 0.1) is 6.42 Å². The topological polar surface area (TPSA) is 100 Å². The van der Waals surface area contributed by atoms with Gasteiger partial charge in [-0.25, -0.2) is 4.79 Å². The second kappa shape index (κ2) is 9.47. The summed E-state index contributed by atoms with van der Waals surface area (Å²) in [6.07, 6.45) is 1.35. The van der Waals surface area contributed by atoms with Crippen molar-refractivity contribution in [1.29, 1.82) is 0 Å². The standard InChI is InChI=1S/C24H27N3O4/c1-24(2,3)31-23(30)26-20(14-17-15-25-19-12-8-7-11-18(17)19)22(29)27-21(28)13-16-9-5-4-6-10-16/h4-12,15,20,25H,13-14H2,1-3H3,(H,26,30)(H,27,28,29)/t20-/m0/s1. The molecule has 7 nitrogen and oxygen atoms in total. The highest BCUT2D eigenvalue weighted by molar-refractivity contribution is 6.00. The van der Waals surface area contributed by atoms with Crippen LogP contribution in [-0.2, 0) is 27.2 Å². The number of carbonyl (C=O) groups excluding carboxylic acids is 3.